The van der Waals surface area contributed by atoms with Gasteiger partial charge in [-0.2, -0.15) is 0 Å². The van der Waals surface area contributed by atoms with Crippen LogP contribution in [0.5, 0.6) is 0 Å². The Kier molecular flexibility index (Phi) is 9.34. The summed E-state index contributed by atoms with van der Waals surface area (Å²) < 4.78 is 53.3. The van der Waals surface area contributed by atoms with Crippen LogP contribution < -0.4 is 5.73 Å². The number of anilines is 1. The number of nitrogen functional groups attached to an aromatic ring is 1. The minimum Gasteiger partial charge on any atom is -0.394 e. The maximum atomic E-state index is 14.8. The zero-order chi connectivity index (χ0) is 28.7. The highest BCUT2D eigenvalue weighted by Gasteiger charge is 2.50. The van der Waals surface area contributed by atoms with Crippen molar-refractivity contribution >= 4 is 43.3 Å². The van der Waals surface area contributed by atoms with Crippen molar-refractivity contribution in [2.45, 2.75) is 61.7 Å². The second-order valence-electron chi connectivity index (χ2n) is 8.59. The van der Waals surface area contributed by atoms with Crippen molar-refractivity contribution < 1.29 is 67.1 Å². The first kappa shape index (κ1) is 30.6. The zero-order valence-corrected chi connectivity index (χ0v) is 22.2. The normalized spacial score (nSPS) is 35.5. The monoisotopic (exact) mass is 621 g/mol. The van der Waals surface area contributed by atoms with Crippen LogP contribution >= 0.6 is 14.5 Å². The molecule has 7 unspecified atom stereocenters. The molecule has 0 amide bonds. The summed E-state index contributed by atoms with van der Waals surface area (Å²) in [5.41, 5.74) is 6.18. The molecule has 2 aromatic heterocycles. The quantitative estimate of drug-likeness (QED) is 0.128. The maximum Gasteiger partial charge on any atom is 0.481 e. The fourth-order valence-corrected chi connectivity index (χ4v) is 7.09. The first-order valence-electron chi connectivity index (χ1n) is 11.1. The van der Waals surface area contributed by atoms with E-state index in [4.69, 9.17) is 36.6 Å². The highest BCUT2D eigenvalue weighted by molar-refractivity contribution is 8.08. The van der Waals surface area contributed by atoms with Gasteiger partial charge in [-0.05, 0) is 11.8 Å². The van der Waals surface area contributed by atoms with E-state index in [1.54, 1.807) is 0 Å². The van der Waals surface area contributed by atoms with E-state index in [-0.39, 0.29) is 23.4 Å². The number of hydrogen-bond acceptors (Lipinski definition) is 16. The van der Waals surface area contributed by atoms with Gasteiger partial charge in [0, 0.05) is 6.42 Å². The summed E-state index contributed by atoms with van der Waals surface area (Å²) in [6, 6.07) is 0. The molecule has 2 fully saturated rings. The van der Waals surface area contributed by atoms with E-state index < -0.39 is 83.1 Å². The molecule has 22 heteroatoms. The van der Waals surface area contributed by atoms with Crippen LogP contribution in [0.3, 0.4) is 0 Å². The van der Waals surface area contributed by atoms with Crippen LogP contribution in [-0.2, 0) is 39.2 Å². The number of nitrogens with zero attached hydrogens (tertiary/aromatic N) is 4. The van der Waals surface area contributed by atoms with Gasteiger partial charge in [-0.25, -0.2) is 28.2 Å². The van der Waals surface area contributed by atoms with Gasteiger partial charge in [0.15, 0.2) is 24.0 Å². The summed E-state index contributed by atoms with van der Waals surface area (Å²) >= 11 is 4.71. The number of imidazole rings is 1. The van der Waals surface area contributed by atoms with Crippen molar-refractivity contribution in [3.63, 3.8) is 0 Å². The number of fused-ring (bicyclic) bond motifs is 1. The number of phosphoric ester groups is 1. The largest absolute Gasteiger partial charge is 0.481 e. The van der Waals surface area contributed by atoms with E-state index >= 15 is 0 Å². The van der Waals surface area contributed by atoms with E-state index in [0.29, 0.717) is 0 Å². The molecule has 0 saturated carbocycles. The molecular formula is C17H26FN5O13P2S. The lowest BCUT2D eigenvalue weighted by Crippen LogP contribution is -2.61. The van der Waals surface area contributed by atoms with Crippen molar-refractivity contribution in [3.05, 3.63) is 12.7 Å². The fraction of sp³-hybridized carbons (Fsp3) is 0.706. The van der Waals surface area contributed by atoms with Crippen molar-refractivity contribution in [1.82, 2.24) is 19.5 Å². The number of hydrogen-bond donors (Lipinski definition) is 8. The summed E-state index contributed by atoms with van der Waals surface area (Å²) in [5, 5.41) is 48.6. The van der Waals surface area contributed by atoms with Crippen LogP contribution in [-0.4, -0.2) is 117 Å². The van der Waals surface area contributed by atoms with E-state index in [1.807, 2.05) is 0 Å². The summed E-state index contributed by atoms with van der Waals surface area (Å²) in [4.78, 5) is 32.2. The van der Waals surface area contributed by atoms with Crippen LogP contribution in [0.4, 0.5) is 10.2 Å². The molecule has 9 N–H and O–H groups in total. The lowest BCUT2D eigenvalue weighted by Gasteiger charge is -2.41. The molecule has 0 aliphatic carbocycles. The van der Waals surface area contributed by atoms with Gasteiger partial charge in [-0.1, -0.05) is 0 Å². The Hall–Kier alpha value is -1.32. The second kappa shape index (κ2) is 11.9. The molecule has 220 valence electrons. The minimum absolute atomic E-state index is 0.0812. The second-order valence-corrected chi connectivity index (χ2v) is 13.0. The number of aliphatic hydroxyl groups is 5. The predicted octanol–water partition coefficient (Wildman–Crippen LogP) is -2.44. The fourth-order valence-electron chi connectivity index (χ4n) is 3.97. The molecule has 2 aliphatic rings. The molecule has 0 radical (unpaired) electrons. The van der Waals surface area contributed by atoms with Crippen molar-refractivity contribution in [1.29, 1.82) is 0 Å². The van der Waals surface area contributed by atoms with Gasteiger partial charge in [-0.3, -0.25) is 9.09 Å². The summed E-state index contributed by atoms with van der Waals surface area (Å²) in [6.45, 7) is -6.08. The van der Waals surface area contributed by atoms with E-state index in [2.05, 4.69) is 23.8 Å². The van der Waals surface area contributed by atoms with Crippen LogP contribution in [0.15, 0.2) is 12.7 Å². The molecule has 0 spiro atoms. The highest BCUT2D eigenvalue weighted by Crippen LogP contribution is 2.61. The van der Waals surface area contributed by atoms with Gasteiger partial charge in [-0.15, -0.1) is 0 Å². The number of alkyl halides is 1. The predicted molar refractivity (Wildman–Crippen MR) is 127 cm³/mol. The number of rotatable bonds is 10. The molecular weight excluding hydrogens is 595 g/mol. The standard InChI is InChI=1S/C17H26FN5O13P2S/c18-7-1-6(33-16(7)23-5-22-9-14(19)20-4-21-15(9)23)3-32-38(31,39)36-37(29,30)35-17-12(28)10(26)11(27)13(34-17)8(25)2-24/h4-8,10-13,16-17,24-28H,1-3H2,(H,29,30)(H,31,39)(H2,19,20,21)/t6-,7+,8-,10?,11?,12?,13?,16+,17?,38?/m0/s1. The number of nitrogens with two attached hydrogens (primary N) is 1. The molecule has 18 nitrogen and oxygen atoms in total. The lowest BCUT2D eigenvalue weighted by molar-refractivity contribution is -0.292. The average Bonchev–Trinajstić information content (AvgIpc) is 3.45. The third-order valence-corrected chi connectivity index (χ3v) is 9.35. The number of ether oxygens (including phenoxy) is 2. The van der Waals surface area contributed by atoms with Crippen molar-refractivity contribution in [2.75, 3.05) is 18.9 Å². The lowest BCUT2D eigenvalue weighted by atomic mass is 9.96. The van der Waals surface area contributed by atoms with E-state index in [0.717, 1.165) is 0 Å². The SMILES string of the molecule is Nc1ncnc2c1ncn2[C@@H]1O[C@H](COP(O)(=S)OP(=O)(O)OC2OC([C@@H](O)CO)C(O)C(O)C2O)C[C@H]1F. The Balaban J connectivity index is 1.35. The number of halogens is 1. The van der Waals surface area contributed by atoms with Crippen LogP contribution in [0.25, 0.3) is 11.2 Å². The van der Waals surface area contributed by atoms with Gasteiger partial charge in [0.25, 0.3) is 0 Å². The third kappa shape index (κ3) is 6.78. The Bertz CT molecular complexity index is 1260. The van der Waals surface area contributed by atoms with Crippen LogP contribution in [0.2, 0.25) is 0 Å². The van der Waals surface area contributed by atoms with Crippen molar-refractivity contribution in [2.24, 2.45) is 0 Å². The average molecular weight is 621 g/mol. The van der Waals surface area contributed by atoms with Gasteiger partial charge < -0.3 is 55.1 Å². The van der Waals surface area contributed by atoms with Gasteiger partial charge in [0.05, 0.1) is 25.6 Å². The summed E-state index contributed by atoms with van der Waals surface area (Å²) in [6.07, 6.45) is -13.3. The molecule has 11 atom stereocenters. The van der Waals surface area contributed by atoms with Crippen molar-refractivity contribution in [3.8, 4) is 0 Å². The Labute approximate surface area is 223 Å². The van der Waals surface area contributed by atoms with Gasteiger partial charge in [0.2, 0.25) is 0 Å². The smallest absolute Gasteiger partial charge is 0.394 e. The molecule has 4 rings (SSSR count). The molecule has 0 aromatic carbocycles. The molecule has 4 heterocycles. The number of aliphatic hydroxyl groups excluding tert-OH is 5. The molecule has 2 aromatic rings. The summed E-state index contributed by atoms with van der Waals surface area (Å²) in [7, 11) is -5.39. The zero-order valence-electron chi connectivity index (χ0n) is 19.6. The number of phosphoric acid groups is 1. The minimum atomic E-state index is -5.39. The topological polar surface area (TPSA) is 274 Å². The first-order valence-corrected chi connectivity index (χ1v) is 15.2. The van der Waals surface area contributed by atoms with Gasteiger partial charge in [0.1, 0.15) is 48.5 Å². The Morgan fingerprint density at radius 2 is 1.92 bits per heavy atom. The Morgan fingerprint density at radius 1 is 1.21 bits per heavy atom. The van der Waals surface area contributed by atoms with Gasteiger partial charge >= 0.3 is 14.5 Å². The molecule has 39 heavy (non-hydrogen) atoms. The molecule has 0 bridgehead atoms. The first-order chi connectivity index (χ1) is 18.2. The van der Waals surface area contributed by atoms with E-state index in [1.165, 1.54) is 17.2 Å². The molecule has 2 saturated heterocycles. The Morgan fingerprint density at radius 3 is 2.62 bits per heavy atom. The summed E-state index contributed by atoms with van der Waals surface area (Å²) in [5.74, 6) is 0.0812. The maximum absolute atomic E-state index is 14.8. The van der Waals surface area contributed by atoms with Crippen LogP contribution in [0.1, 0.15) is 12.6 Å². The number of aromatic nitrogens is 4. The molecule has 2 aliphatic heterocycles. The highest BCUT2D eigenvalue weighted by atomic mass is 32.5. The third-order valence-electron chi connectivity index (χ3n) is 5.83. The van der Waals surface area contributed by atoms with E-state index in [9.17, 15) is 39.2 Å². The van der Waals surface area contributed by atoms with Crippen LogP contribution in [0, 0.1) is 0 Å².